The van der Waals surface area contributed by atoms with Crippen LogP contribution in [0.15, 0.2) is 18.2 Å². The second-order valence-electron chi connectivity index (χ2n) is 6.20. The lowest BCUT2D eigenvalue weighted by molar-refractivity contribution is -0.271. The van der Waals surface area contributed by atoms with E-state index in [1.54, 1.807) is 26.0 Å². The molecule has 8 heteroatoms. The fraction of sp³-hybridized carbons (Fsp3) is 0.562. The van der Waals surface area contributed by atoms with Crippen LogP contribution in [0.1, 0.15) is 36.9 Å². The number of hydrogen-bond acceptors (Lipinski definition) is 2. The maximum absolute atomic E-state index is 13.6. The molecule has 2 rings (SSSR count). The minimum absolute atomic E-state index is 0.198. The molecule has 2 N–H and O–H groups in total. The van der Waals surface area contributed by atoms with E-state index in [1.165, 1.54) is 11.0 Å². The molecule has 24 heavy (non-hydrogen) atoms. The molecule has 0 spiro atoms. The number of rotatable bonds is 2. The number of aryl methyl sites for hydroxylation is 1. The molecule has 1 aliphatic heterocycles. The minimum atomic E-state index is -4.71. The quantitative estimate of drug-likeness (QED) is 0.806. The third-order valence-electron chi connectivity index (χ3n) is 4.44. The molecule has 1 heterocycles. The average molecular weight is 348 g/mol. The van der Waals surface area contributed by atoms with Crippen LogP contribution in [0.3, 0.4) is 0 Å². The van der Waals surface area contributed by atoms with E-state index in [2.05, 4.69) is 5.32 Å². The van der Waals surface area contributed by atoms with Crippen LogP contribution in [0.5, 0.6) is 0 Å². The van der Waals surface area contributed by atoms with E-state index in [-0.39, 0.29) is 18.9 Å². The number of hydrogen-bond donors (Lipinski definition) is 2. The van der Waals surface area contributed by atoms with Gasteiger partial charge in [0.25, 0.3) is 0 Å². The fourth-order valence-corrected chi connectivity index (χ4v) is 2.60. The third-order valence-corrected chi connectivity index (χ3v) is 4.44. The minimum Gasteiger partial charge on any atom is -0.380 e. The van der Waals surface area contributed by atoms with E-state index in [0.717, 1.165) is 0 Å². The number of nitrogens with one attached hydrogen (secondary N) is 1. The van der Waals surface area contributed by atoms with Gasteiger partial charge < -0.3 is 15.3 Å². The first kappa shape index (κ1) is 18.5. The van der Waals surface area contributed by atoms with Crippen molar-refractivity contribution in [2.75, 3.05) is 13.1 Å². The standard InChI is InChI=1S/C16H20F4N2O2/c1-10-3-4-12(9-13(10)17)11(2)21-14(23)22-7-5-15(24,6-8-22)16(18,19)20/h3-4,9,11,24H,5-8H2,1-2H3,(H,21,23)/t11-/m1/s1. The van der Waals surface area contributed by atoms with E-state index >= 15 is 0 Å². The zero-order chi connectivity index (χ0) is 18.1. The van der Waals surface area contributed by atoms with Gasteiger partial charge in [-0.3, -0.25) is 0 Å². The number of alkyl halides is 3. The van der Waals surface area contributed by atoms with E-state index in [1.807, 2.05) is 0 Å². The fourth-order valence-electron chi connectivity index (χ4n) is 2.60. The van der Waals surface area contributed by atoms with Gasteiger partial charge in [0.2, 0.25) is 0 Å². The summed E-state index contributed by atoms with van der Waals surface area (Å²) in [5.41, 5.74) is -1.69. The van der Waals surface area contributed by atoms with Gasteiger partial charge in [0.15, 0.2) is 5.60 Å². The summed E-state index contributed by atoms with van der Waals surface area (Å²) in [7, 11) is 0. The van der Waals surface area contributed by atoms with Crippen LogP contribution in [0, 0.1) is 12.7 Å². The number of likely N-dealkylation sites (tertiary alicyclic amines) is 1. The smallest absolute Gasteiger partial charge is 0.380 e. The Bertz CT molecular complexity index is 611. The molecular formula is C16H20F4N2O2. The van der Waals surface area contributed by atoms with Crippen molar-refractivity contribution in [3.05, 3.63) is 35.1 Å². The zero-order valence-electron chi connectivity index (χ0n) is 13.5. The normalized spacial score (nSPS) is 19.0. The lowest BCUT2D eigenvalue weighted by Crippen LogP contribution is -2.56. The van der Waals surface area contributed by atoms with Crippen LogP contribution < -0.4 is 5.32 Å². The van der Waals surface area contributed by atoms with Crippen molar-refractivity contribution in [1.29, 1.82) is 0 Å². The molecule has 1 aliphatic rings. The molecule has 0 saturated carbocycles. The number of halogens is 4. The van der Waals surface area contributed by atoms with Crippen molar-refractivity contribution >= 4 is 6.03 Å². The Kier molecular flexibility index (Phi) is 5.08. The van der Waals surface area contributed by atoms with Crippen LogP contribution in [0.25, 0.3) is 0 Å². The van der Waals surface area contributed by atoms with Crippen molar-refractivity contribution in [2.45, 2.75) is 44.5 Å². The SMILES string of the molecule is Cc1ccc([C@@H](C)NC(=O)N2CCC(O)(C(F)(F)F)CC2)cc1F. The summed E-state index contributed by atoms with van der Waals surface area (Å²) in [5.74, 6) is -0.387. The lowest BCUT2D eigenvalue weighted by Gasteiger charge is -2.39. The molecule has 1 saturated heterocycles. The van der Waals surface area contributed by atoms with Crippen LogP contribution >= 0.6 is 0 Å². The number of amides is 2. The van der Waals surface area contributed by atoms with Crippen molar-refractivity contribution in [3.63, 3.8) is 0 Å². The highest BCUT2D eigenvalue weighted by molar-refractivity contribution is 5.74. The first-order chi connectivity index (χ1) is 11.0. The molecule has 1 fully saturated rings. The summed E-state index contributed by atoms with van der Waals surface area (Å²) in [6.45, 7) is 2.89. The summed E-state index contributed by atoms with van der Waals surface area (Å²) in [6.07, 6.45) is -5.82. The molecule has 1 aromatic rings. The lowest BCUT2D eigenvalue weighted by atomic mass is 9.91. The number of benzene rings is 1. The summed E-state index contributed by atoms with van der Waals surface area (Å²) in [6, 6.07) is 3.57. The van der Waals surface area contributed by atoms with Crippen molar-refractivity contribution < 1.29 is 27.5 Å². The number of nitrogens with zero attached hydrogens (tertiary/aromatic N) is 1. The van der Waals surface area contributed by atoms with Gasteiger partial charge in [-0.25, -0.2) is 9.18 Å². The van der Waals surface area contributed by atoms with Gasteiger partial charge in [-0.1, -0.05) is 12.1 Å². The first-order valence-corrected chi connectivity index (χ1v) is 7.64. The van der Waals surface area contributed by atoms with Gasteiger partial charge >= 0.3 is 12.2 Å². The predicted molar refractivity (Wildman–Crippen MR) is 79.9 cm³/mol. The number of carbonyl (C=O) groups is 1. The summed E-state index contributed by atoms with van der Waals surface area (Å²) >= 11 is 0. The largest absolute Gasteiger partial charge is 0.417 e. The van der Waals surface area contributed by atoms with Gasteiger partial charge in [-0.2, -0.15) is 13.2 Å². The maximum atomic E-state index is 13.6. The second-order valence-corrected chi connectivity index (χ2v) is 6.20. The molecule has 0 radical (unpaired) electrons. The average Bonchev–Trinajstić information content (AvgIpc) is 2.49. The van der Waals surface area contributed by atoms with Gasteiger partial charge in [-0.05, 0) is 31.0 Å². The Morgan fingerprint density at radius 3 is 2.42 bits per heavy atom. The highest BCUT2D eigenvalue weighted by Gasteiger charge is 2.54. The number of urea groups is 1. The second kappa shape index (κ2) is 6.58. The third kappa shape index (κ3) is 3.80. The van der Waals surface area contributed by atoms with Gasteiger partial charge in [0, 0.05) is 25.9 Å². The number of piperidine rings is 1. The van der Waals surface area contributed by atoms with E-state index in [9.17, 15) is 27.5 Å². The van der Waals surface area contributed by atoms with Crippen molar-refractivity contribution in [3.8, 4) is 0 Å². The topological polar surface area (TPSA) is 52.6 Å². The maximum Gasteiger partial charge on any atom is 0.417 e. The van der Waals surface area contributed by atoms with Crippen molar-refractivity contribution in [1.82, 2.24) is 10.2 Å². The summed E-state index contributed by atoms with van der Waals surface area (Å²) < 4.78 is 51.8. The van der Waals surface area contributed by atoms with Crippen molar-refractivity contribution in [2.24, 2.45) is 0 Å². The van der Waals surface area contributed by atoms with Crippen LogP contribution in [0.2, 0.25) is 0 Å². The van der Waals surface area contributed by atoms with E-state index < -0.39 is 36.7 Å². The van der Waals surface area contributed by atoms with Gasteiger partial charge in [0.1, 0.15) is 5.82 Å². The predicted octanol–water partition coefficient (Wildman–Crippen LogP) is 3.29. The first-order valence-electron chi connectivity index (χ1n) is 7.64. The van der Waals surface area contributed by atoms with Crippen LogP contribution in [-0.4, -0.2) is 40.9 Å². The molecule has 1 aromatic carbocycles. The Morgan fingerprint density at radius 2 is 1.92 bits per heavy atom. The Morgan fingerprint density at radius 1 is 1.33 bits per heavy atom. The summed E-state index contributed by atoms with van der Waals surface area (Å²) in [4.78, 5) is 13.4. The number of aliphatic hydroxyl groups is 1. The molecule has 0 bridgehead atoms. The Balaban J connectivity index is 1.95. The highest BCUT2D eigenvalue weighted by Crippen LogP contribution is 2.38. The van der Waals surface area contributed by atoms with Crippen LogP contribution in [-0.2, 0) is 0 Å². The molecule has 4 nitrogen and oxygen atoms in total. The van der Waals surface area contributed by atoms with Gasteiger partial charge in [0.05, 0.1) is 6.04 Å². The zero-order valence-corrected chi connectivity index (χ0v) is 13.5. The van der Waals surface area contributed by atoms with Gasteiger partial charge in [-0.15, -0.1) is 0 Å². The molecule has 0 aromatic heterocycles. The molecular weight excluding hydrogens is 328 g/mol. The van der Waals surface area contributed by atoms with Crippen LogP contribution in [0.4, 0.5) is 22.4 Å². The molecule has 1 atom stereocenters. The highest BCUT2D eigenvalue weighted by atomic mass is 19.4. The Hall–Kier alpha value is -1.83. The monoisotopic (exact) mass is 348 g/mol. The molecule has 2 amide bonds. The van der Waals surface area contributed by atoms with E-state index in [0.29, 0.717) is 11.1 Å². The molecule has 0 aliphatic carbocycles. The van der Waals surface area contributed by atoms with E-state index in [4.69, 9.17) is 0 Å². The Labute approximate surface area is 137 Å². The molecule has 0 unspecified atom stereocenters. The molecule has 134 valence electrons. The number of carbonyl (C=O) groups excluding carboxylic acids is 1. The summed E-state index contributed by atoms with van der Waals surface area (Å²) in [5, 5.41) is 12.2.